The number of fused-ring (bicyclic) bond motifs is 1. The van der Waals surface area contributed by atoms with Crippen molar-refractivity contribution in [3.8, 4) is 11.8 Å². The van der Waals surface area contributed by atoms with Gasteiger partial charge in [-0.15, -0.1) is 6.58 Å². The third kappa shape index (κ3) is 2.07. The SMILES string of the molecule is C=CCNC(C#N)c1ccc2c(c1)CCO2. The lowest BCUT2D eigenvalue weighted by Gasteiger charge is -2.11. The number of nitrogens with one attached hydrogen (secondary N) is 1. The van der Waals surface area contributed by atoms with Crippen LogP contribution in [0.3, 0.4) is 0 Å². The summed E-state index contributed by atoms with van der Waals surface area (Å²) in [5, 5.41) is 12.2. The van der Waals surface area contributed by atoms with Gasteiger partial charge in [0, 0.05) is 13.0 Å². The molecule has 0 fully saturated rings. The van der Waals surface area contributed by atoms with Crippen LogP contribution < -0.4 is 10.1 Å². The van der Waals surface area contributed by atoms with E-state index in [-0.39, 0.29) is 6.04 Å². The summed E-state index contributed by atoms with van der Waals surface area (Å²) < 4.78 is 5.43. The van der Waals surface area contributed by atoms with Crippen molar-refractivity contribution in [2.24, 2.45) is 0 Å². The van der Waals surface area contributed by atoms with Gasteiger partial charge in [0.05, 0.1) is 12.7 Å². The van der Waals surface area contributed by atoms with Crippen molar-refractivity contribution >= 4 is 0 Å². The first-order valence-corrected chi connectivity index (χ1v) is 5.34. The van der Waals surface area contributed by atoms with Gasteiger partial charge in [0.25, 0.3) is 0 Å². The minimum atomic E-state index is -0.274. The Morgan fingerprint density at radius 3 is 3.25 bits per heavy atom. The fourth-order valence-corrected chi connectivity index (χ4v) is 1.83. The van der Waals surface area contributed by atoms with Gasteiger partial charge in [0.2, 0.25) is 0 Å². The van der Waals surface area contributed by atoms with Gasteiger partial charge in [-0.1, -0.05) is 12.1 Å². The molecule has 3 heteroatoms. The first-order valence-electron chi connectivity index (χ1n) is 5.34. The van der Waals surface area contributed by atoms with Crippen LogP contribution in [0.4, 0.5) is 0 Å². The highest BCUT2D eigenvalue weighted by Crippen LogP contribution is 2.27. The molecule has 1 unspecified atom stereocenters. The van der Waals surface area contributed by atoms with Crippen molar-refractivity contribution < 1.29 is 4.74 Å². The maximum atomic E-state index is 9.08. The monoisotopic (exact) mass is 214 g/mol. The van der Waals surface area contributed by atoms with Gasteiger partial charge in [0.1, 0.15) is 11.8 Å². The molecule has 3 nitrogen and oxygen atoms in total. The summed E-state index contributed by atoms with van der Waals surface area (Å²) in [6.45, 7) is 5.00. The van der Waals surface area contributed by atoms with E-state index in [4.69, 9.17) is 10.00 Å². The zero-order chi connectivity index (χ0) is 11.4. The molecule has 1 atom stereocenters. The van der Waals surface area contributed by atoms with Crippen LogP contribution in [0, 0.1) is 11.3 Å². The molecule has 0 amide bonds. The molecule has 1 N–H and O–H groups in total. The number of ether oxygens (including phenoxy) is 1. The van der Waals surface area contributed by atoms with Crippen molar-refractivity contribution in [2.75, 3.05) is 13.2 Å². The molecule has 1 aliphatic heterocycles. The summed E-state index contributed by atoms with van der Waals surface area (Å²) in [6.07, 6.45) is 2.68. The van der Waals surface area contributed by atoms with Gasteiger partial charge >= 0.3 is 0 Å². The highest BCUT2D eigenvalue weighted by Gasteiger charge is 2.15. The molecule has 0 saturated carbocycles. The van der Waals surface area contributed by atoms with Crippen LogP contribution in [-0.2, 0) is 6.42 Å². The van der Waals surface area contributed by atoms with Crippen LogP contribution in [-0.4, -0.2) is 13.2 Å². The van der Waals surface area contributed by atoms with E-state index < -0.39 is 0 Å². The molecule has 0 spiro atoms. The lowest BCUT2D eigenvalue weighted by Crippen LogP contribution is -2.19. The Kier molecular flexibility index (Phi) is 3.23. The maximum absolute atomic E-state index is 9.08. The summed E-state index contributed by atoms with van der Waals surface area (Å²) in [5.41, 5.74) is 2.19. The van der Waals surface area contributed by atoms with Crippen molar-refractivity contribution in [2.45, 2.75) is 12.5 Å². The highest BCUT2D eigenvalue weighted by molar-refractivity contribution is 5.41. The van der Waals surface area contributed by atoms with Crippen LogP contribution in [0.5, 0.6) is 5.75 Å². The van der Waals surface area contributed by atoms with Crippen molar-refractivity contribution in [1.29, 1.82) is 5.26 Å². The molecular formula is C13H14N2O. The number of nitriles is 1. The zero-order valence-corrected chi connectivity index (χ0v) is 9.07. The minimum Gasteiger partial charge on any atom is -0.493 e. The normalized spacial score (nSPS) is 14.7. The van der Waals surface area contributed by atoms with Crippen molar-refractivity contribution in [1.82, 2.24) is 5.32 Å². The Labute approximate surface area is 95.3 Å². The first kappa shape index (κ1) is 10.7. The van der Waals surface area contributed by atoms with E-state index in [1.807, 2.05) is 18.2 Å². The smallest absolute Gasteiger partial charge is 0.122 e. The van der Waals surface area contributed by atoms with E-state index in [9.17, 15) is 0 Å². The molecule has 0 aliphatic carbocycles. The van der Waals surface area contributed by atoms with E-state index >= 15 is 0 Å². The van der Waals surface area contributed by atoms with E-state index in [1.165, 1.54) is 5.56 Å². The highest BCUT2D eigenvalue weighted by atomic mass is 16.5. The first-order chi connectivity index (χ1) is 7.85. The summed E-state index contributed by atoms with van der Waals surface area (Å²) >= 11 is 0. The van der Waals surface area contributed by atoms with Gasteiger partial charge in [-0.3, -0.25) is 5.32 Å². The van der Waals surface area contributed by atoms with Crippen LogP contribution in [0.15, 0.2) is 30.9 Å². The summed E-state index contributed by atoms with van der Waals surface area (Å²) in [6, 6.07) is 7.90. The third-order valence-electron chi connectivity index (χ3n) is 2.64. The Morgan fingerprint density at radius 2 is 2.50 bits per heavy atom. The van der Waals surface area contributed by atoms with Gasteiger partial charge in [0.15, 0.2) is 0 Å². The molecule has 1 heterocycles. The fraction of sp³-hybridized carbons (Fsp3) is 0.308. The van der Waals surface area contributed by atoms with Gasteiger partial charge < -0.3 is 4.74 Å². The number of hydrogen-bond acceptors (Lipinski definition) is 3. The number of hydrogen-bond donors (Lipinski definition) is 1. The molecular weight excluding hydrogens is 200 g/mol. The Morgan fingerprint density at radius 1 is 1.62 bits per heavy atom. The third-order valence-corrected chi connectivity index (χ3v) is 2.64. The Bertz CT molecular complexity index is 434. The summed E-state index contributed by atoms with van der Waals surface area (Å²) in [7, 11) is 0. The van der Waals surface area contributed by atoms with Crippen molar-refractivity contribution in [3.63, 3.8) is 0 Å². The molecule has 1 aliphatic rings. The molecule has 82 valence electrons. The standard InChI is InChI=1S/C13H14N2O/c1-2-6-15-12(9-14)10-3-4-13-11(8-10)5-7-16-13/h2-4,8,12,15H,1,5-7H2. The lowest BCUT2D eigenvalue weighted by molar-refractivity contribution is 0.357. The quantitative estimate of drug-likeness (QED) is 0.779. The van der Waals surface area contributed by atoms with Crippen LogP contribution in [0.1, 0.15) is 17.2 Å². The van der Waals surface area contributed by atoms with E-state index in [0.717, 1.165) is 24.3 Å². The van der Waals surface area contributed by atoms with E-state index in [0.29, 0.717) is 6.54 Å². The van der Waals surface area contributed by atoms with E-state index in [2.05, 4.69) is 18.0 Å². The predicted octanol–water partition coefficient (Wildman–Crippen LogP) is 1.96. The molecule has 2 rings (SSSR count). The number of nitrogens with zero attached hydrogens (tertiary/aromatic N) is 1. The molecule has 16 heavy (non-hydrogen) atoms. The second kappa shape index (κ2) is 4.82. The second-order valence-corrected chi connectivity index (χ2v) is 3.72. The van der Waals surface area contributed by atoms with Gasteiger partial charge in [-0.05, 0) is 23.3 Å². The average molecular weight is 214 g/mol. The van der Waals surface area contributed by atoms with Gasteiger partial charge in [-0.25, -0.2) is 0 Å². The summed E-state index contributed by atoms with van der Waals surface area (Å²) in [5.74, 6) is 0.948. The average Bonchev–Trinajstić information content (AvgIpc) is 2.77. The predicted molar refractivity (Wildman–Crippen MR) is 62.2 cm³/mol. The molecule has 0 saturated heterocycles. The summed E-state index contributed by atoms with van der Waals surface area (Å²) in [4.78, 5) is 0. The Balaban J connectivity index is 2.19. The lowest BCUT2D eigenvalue weighted by atomic mass is 10.0. The zero-order valence-electron chi connectivity index (χ0n) is 9.07. The van der Waals surface area contributed by atoms with Crippen LogP contribution in [0.2, 0.25) is 0 Å². The molecule has 1 aromatic rings. The molecule has 1 aromatic carbocycles. The molecule has 0 radical (unpaired) electrons. The minimum absolute atomic E-state index is 0.274. The van der Waals surface area contributed by atoms with Gasteiger partial charge in [-0.2, -0.15) is 5.26 Å². The fourth-order valence-electron chi connectivity index (χ4n) is 1.83. The van der Waals surface area contributed by atoms with Crippen molar-refractivity contribution in [3.05, 3.63) is 42.0 Å². The molecule has 0 aromatic heterocycles. The van der Waals surface area contributed by atoms with E-state index in [1.54, 1.807) is 6.08 Å². The molecule has 0 bridgehead atoms. The topological polar surface area (TPSA) is 45.0 Å². The second-order valence-electron chi connectivity index (χ2n) is 3.72. The number of benzene rings is 1. The largest absolute Gasteiger partial charge is 0.493 e. The number of rotatable bonds is 4. The van der Waals surface area contributed by atoms with Crippen LogP contribution in [0.25, 0.3) is 0 Å². The Hall–Kier alpha value is -1.79. The maximum Gasteiger partial charge on any atom is 0.122 e. The van der Waals surface area contributed by atoms with Crippen LogP contribution >= 0.6 is 0 Å².